The van der Waals surface area contributed by atoms with E-state index in [1.165, 1.54) is 30.0 Å². The van der Waals surface area contributed by atoms with E-state index in [-0.39, 0.29) is 22.8 Å². The van der Waals surface area contributed by atoms with Crippen molar-refractivity contribution >= 4 is 23.4 Å². The number of aryl methyl sites for hydroxylation is 1. The summed E-state index contributed by atoms with van der Waals surface area (Å²) in [7, 11) is 0. The lowest BCUT2D eigenvalue weighted by atomic mass is 10.2. The number of thioether (sulfide) groups is 1. The molecule has 0 saturated heterocycles. The van der Waals surface area contributed by atoms with Gasteiger partial charge in [-0.2, -0.15) is 0 Å². The van der Waals surface area contributed by atoms with Gasteiger partial charge in [0, 0.05) is 10.6 Å². The van der Waals surface area contributed by atoms with Crippen LogP contribution in [-0.4, -0.2) is 11.2 Å². The molecule has 0 aromatic heterocycles. The number of halogens is 2. The molecule has 2 nitrogen and oxygen atoms in total. The molecule has 0 bridgehead atoms. The van der Waals surface area contributed by atoms with Crippen LogP contribution in [0.1, 0.15) is 12.5 Å². The summed E-state index contributed by atoms with van der Waals surface area (Å²) in [4.78, 5) is 12.9. The molecule has 0 heterocycles. The molecule has 0 unspecified atom stereocenters. The molecule has 110 valence electrons. The van der Waals surface area contributed by atoms with Crippen molar-refractivity contribution in [2.45, 2.75) is 24.0 Å². The highest BCUT2D eigenvalue weighted by Crippen LogP contribution is 2.24. The summed E-state index contributed by atoms with van der Waals surface area (Å²) in [6, 6.07) is 10.5. The number of amides is 1. The van der Waals surface area contributed by atoms with Crippen molar-refractivity contribution in [3.05, 3.63) is 59.7 Å². The molecule has 0 radical (unpaired) electrons. The molecule has 2 aromatic carbocycles. The third-order valence-electron chi connectivity index (χ3n) is 2.94. The van der Waals surface area contributed by atoms with Crippen LogP contribution in [-0.2, 0) is 4.79 Å². The lowest BCUT2D eigenvalue weighted by molar-refractivity contribution is -0.115. The minimum atomic E-state index is -0.375. The zero-order chi connectivity index (χ0) is 15.4. The first-order valence-corrected chi connectivity index (χ1v) is 7.33. The van der Waals surface area contributed by atoms with Gasteiger partial charge in [0.2, 0.25) is 5.91 Å². The normalized spacial score (nSPS) is 12.0. The Morgan fingerprint density at radius 1 is 1.14 bits per heavy atom. The van der Waals surface area contributed by atoms with Gasteiger partial charge in [-0.25, -0.2) is 8.78 Å². The molecule has 0 aliphatic rings. The Hall–Kier alpha value is -1.88. The Kier molecular flexibility index (Phi) is 4.96. The van der Waals surface area contributed by atoms with E-state index in [1.807, 2.05) is 0 Å². The average Bonchev–Trinajstić information content (AvgIpc) is 2.45. The van der Waals surface area contributed by atoms with E-state index < -0.39 is 0 Å². The number of benzene rings is 2. The minimum Gasteiger partial charge on any atom is -0.325 e. The molecule has 1 amide bonds. The first kappa shape index (κ1) is 15.5. The Balaban J connectivity index is 1.98. The molecule has 0 aliphatic carbocycles. The topological polar surface area (TPSA) is 29.1 Å². The fourth-order valence-corrected chi connectivity index (χ4v) is 2.55. The molecular formula is C16H15F2NOS. The molecule has 2 rings (SSSR count). The van der Waals surface area contributed by atoms with Crippen molar-refractivity contribution in [1.29, 1.82) is 0 Å². The Morgan fingerprint density at radius 2 is 1.81 bits per heavy atom. The van der Waals surface area contributed by atoms with Crippen LogP contribution in [0.3, 0.4) is 0 Å². The molecule has 0 spiro atoms. The summed E-state index contributed by atoms with van der Waals surface area (Å²) in [6.45, 7) is 3.40. The third-order valence-corrected chi connectivity index (χ3v) is 4.05. The molecule has 5 heteroatoms. The summed E-state index contributed by atoms with van der Waals surface area (Å²) in [5.41, 5.74) is 0.955. The van der Waals surface area contributed by atoms with Gasteiger partial charge in [0.15, 0.2) is 0 Å². The number of rotatable bonds is 4. The predicted molar refractivity (Wildman–Crippen MR) is 81.5 cm³/mol. The van der Waals surface area contributed by atoms with Gasteiger partial charge in [-0.3, -0.25) is 4.79 Å². The maximum absolute atomic E-state index is 13.4. The van der Waals surface area contributed by atoms with Gasteiger partial charge in [-0.05, 0) is 55.8 Å². The number of carbonyl (C=O) groups is 1. The third kappa shape index (κ3) is 4.29. The highest BCUT2D eigenvalue weighted by atomic mass is 32.2. The second-order valence-corrected chi connectivity index (χ2v) is 6.08. The Labute approximate surface area is 126 Å². The number of anilines is 1. The number of nitrogens with one attached hydrogen (secondary N) is 1. The number of carbonyl (C=O) groups excluding carboxylic acids is 1. The van der Waals surface area contributed by atoms with Gasteiger partial charge in [-0.1, -0.05) is 6.07 Å². The number of hydrogen-bond acceptors (Lipinski definition) is 2. The highest BCUT2D eigenvalue weighted by molar-refractivity contribution is 8.00. The van der Waals surface area contributed by atoms with Crippen molar-refractivity contribution < 1.29 is 13.6 Å². The lowest BCUT2D eigenvalue weighted by Crippen LogP contribution is -2.22. The molecule has 2 aromatic rings. The van der Waals surface area contributed by atoms with E-state index in [1.54, 1.807) is 38.1 Å². The van der Waals surface area contributed by atoms with Crippen LogP contribution in [0.2, 0.25) is 0 Å². The van der Waals surface area contributed by atoms with Crippen LogP contribution in [0.25, 0.3) is 0 Å². The van der Waals surface area contributed by atoms with Crippen LogP contribution >= 0.6 is 11.8 Å². The Morgan fingerprint density at radius 3 is 2.43 bits per heavy atom. The minimum absolute atomic E-state index is 0.229. The van der Waals surface area contributed by atoms with Gasteiger partial charge in [0.1, 0.15) is 11.6 Å². The van der Waals surface area contributed by atoms with Crippen molar-refractivity contribution in [3.8, 4) is 0 Å². The Bertz CT molecular complexity index is 643. The summed E-state index contributed by atoms with van der Waals surface area (Å²) in [5, 5.41) is 2.29. The molecule has 1 atom stereocenters. The van der Waals surface area contributed by atoms with Crippen LogP contribution in [0.4, 0.5) is 14.5 Å². The molecular weight excluding hydrogens is 292 g/mol. The second kappa shape index (κ2) is 6.72. The summed E-state index contributed by atoms with van der Waals surface area (Å²) in [5.74, 6) is -0.897. The van der Waals surface area contributed by atoms with Crippen molar-refractivity contribution in [2.24, 2.45) is 0 Å². The fourth-order valence-electron chi connectivity index (χ4n) is 1.69. The van der Waals surface area contributed by atoms with Gasteiger partial charge in [0.25, 0.3) is 0 Å². The standard InChI is InChI=1S/C16H15F2NOS/c1-10-3-6-13(9-15(10)18)19-16(20)11(2)21-14-7-4-12(17)5-8-14/h3-9,11H,1-2H3,(H,19,20)/t11-/m1/s1. The first-order valence-electron chi connectivity index (χ1n) is 6.45. The maximum atomic E-state index is 13.4. The van der Waals surface area contributed by atoms with Gasteiger partial charge in [-0.15, -0.1) is 11.8 Å². The lowest BCUT2D eigenvalue weighted by Gasteiger charge is -2.12. The van der Waals surface area contributed by atoms with E-state index in [0.717, 1.165) is 4.90 Å². The predicted octanol–water partition coefficient (Wildman–Crippen LogP) is 4.39. The average molecular weight is 307 g/mol. The fraction of sp³-hybridized carbons (Fsp3) is 0.188. The molecule has 1 N–H and O–H groups in total. The quantitative estimate of drug-likeness (QED) is 0.849. The maximum Gasteiger partial charge on any atom is 0.237 e. The first-order chi connectivity index (χ1) is 9.95. The molecule has 0 saturated carbocycles. The monoisotopic (exact) mass is 307 g/mol. The summed E-state index contributed by atoms with van der Waals surface area (Å²) in [6.07, 6.45) is 0. The van der Waals surface area contributed by atoms with E-state index in [0.29, 0.717) is 11.3 Å². The van der Waals surface area contributed by atoms with E-state index in [2.05, 4.69) is 5.32 Å². The highest BCUT2D eigenvalue weighted by Gasteiger charge is 2.15. The number of hydrogen-bond donors (Lipinski definition) is 1. The van der Waals surface area contributed by atoms with Gasteiger partial charge < -0.3 is 5.32 Å². The van der Waals surface area contributed by atoms with Gasteiger partial charge in [0.05, 0.1) is 5.25 Å². The van der Waals surface area contributed by atoms with Crippen LogP contribution in [0.15, 0.2) is 47.4 Å². The van der Waals surface area contributed by atoms with Crippen LogP contribution < -0.4 is 5.32 Å². The summed E-state index contributed by atoms with van der Waals surface area (Å²) >= 11 is 1.31. The van der Waals surface area contributed by atoms with E-state index in [4.69, 9.17) is 0 Å². The summed E-state index contributed by atoms with van der Waals surface area (Å²) < 4.78 is 26.2. The smallest absolute Gasteiger partial charge is 0.237 e. The van der Waals surface area contributed by atoms with Crippen molar-refractivity contribution in [1.82, 2.24) is 0 Å². The zero-order valence-electron chi connectivity index (χ0n) is 11.7. The van der Waals surface area contributed by atoms with E-state index >= 15 is 0 Å². The van der Waals surface area contributed by atoms with Crippen molar-refractivity contribution in [3.63, 3.8) is 0 Å². The SMILES string of the molecule is Cc1ccc(NC(=O)[C@@H](C)Sc2ccc(F)cc2)cc1F. The molecule has 0 fully saturated rings. The van der Waals surface area contributed by atoms with Crippen LogP contribution in [0.5, 0.6) is 0 Å². The van der Waals surface area contributed by atoms with Crippen molar-refractivity contribution in [2.75, 3.05) is 5.32 Å². The molecule has 0 aliphatic heterocycles. The largest absolute Gasteiger partial charge is 0.325 e. The second-order valence-electron chi connectivity index (χ2n) is 4.67. The van der Waals surface area contributed by atoms with E-state index in [9.17, 15) is 13.6 Å². The zero-order valence-corrected chi connectivity index (χ0v) is 12.5. The van der Waals surface area contributed by atoms with Crippen LogP contribution in [0, 0.1) is 18.6 Å². The molecule has 21 heavy (non-hydrogen) atoms. The van der Waals surface area contributed by atoms with Gasteiger partial charge >= 0.3 is 0 Å².